The lowest BCUT2D eigenvalue weighted by Crippen LogP contribution is -2.47. The maximum atomic E-state index is 11.9. The first-order valence-corrected chi connectivity index (χ1v) is 5.84. The monoisotopic (exact) mass is 283 g/mol. The number of aliphatic hydroxyl groups excluding tert-OH is 1. The predicted molar refractivity (Wildman–Crippen MR) is 70.1 cm³/mol. The number of nitrogens with one attached hydrogen (secondary N) is 1. The standard InChI is InChI=1S/C13H17NO6/c1-7(15)11(13(17)18)14-12(16)8-4-5-9(19-2)10(6-8)20-3/h4-7,11,15H,1-3H3,(H,14,16)(H,17,18)/t7-,11+/m1/s1. The highest BCUT2D eigenvalue weighted by Gasteiger charge is 2.25. The van der Waals surface area contributed by atoms with Gasteiger partial charge in [-0.3, -0.25) is 4.79 Å². The zero-order valence-corrected chi connectivity index (χ0v) is 11.4. The summed E-state index contributed by atoms with van der Waals surface area (Å²) in [7, 11) is 2.89. The topological polar surface area (TPSA) is 105 Å². The van der Waals surface area contributed by atoms with Crippen molar-refractivity contribution in [2.45, 2.75) is 19.1 Å². The van der Waals surface area contributed by atoms with Crippen LogP contribution in [-0.2, 0) is 4.79 Å². The maximum Gasteiger partial charge on any atom is 0.328 e. The number of carbonyl (C=O) groups is 2. The molecule has 1 aromatic rings. The molecule has 110 valence electrons. The molecule has 0 unspecified atom stereocenters. The Morgan fingerprint density at radius 2 is 1.80 bits per heavy atom. The normalized spacial score (nSPS) is 13.2. The first-order chi connectivity index (χ1) is 9.40. The zero-order valence-electron chi connectivity index (χ0n) is 11.4. The van der Waals surface area contributed by atoms with Crippen molar-refractivity contribution in [3.63, 3.8) is 0 Å². The average molecular weight is 283 g/mol. The maximum absolute atomic E-state index is 11.9. The third-order valence-electron chi connectivity index (χ3n) is 2.68. The number of hydrogen-bond acceptors (Lipinski definition) is 5. The van der Waals surface area contributed by atoms with Crippen LogP contribution in [0.1, 0.15) is 17.3 Å². The number of aliphatic carboxylic acids is 1. The van der Waals surface area contributed by atoms with Crippen LogP contribution in [0, 0.1) is 0 Å². The summed E-state index contributed by atoms with van der Waals surface area (Å²) >= 11 is 0. The highest BCUT2D eigenvalue weighted by Crippen LogP contribution is 2.27. The number of benzene rings is 1. The Hall–Kier alpha value is -2.28. The van der Waals surface area contributed by atoms with Crippen LogP contribution in [0.25, 0.3) is 0 Å². The molecule has 7 heteroatoms. The van der Waals surface area contributed by atoms with E-state index in [9.17, 15) is 14.7 Å². The first kappa shape index (κ1) is 15.8. The van der Waals surface area contributed by atoms with Gasteiger partial charge in [-0.1, -0.05) is 0 Å². The van der Waals surface area contributed by atoms with Crippen molar-refractivity contribution < 1.29 is 29.3 Å². The molecule has 2 atom stereocenters. The summed E-state index contributed by atoms with van der Waals surface area (Å²) in [5, 5.41) is 20.5. The largest absolute Gasteiger partial charge is 0.493 e. The molecular formula is C13H17NO6. The van der Waals surface area contributed by atoms with Crippen LogP contribution in [0.3, 0.4) is 0 Å². The molecule has 1 aromatic carbocycles. The van der Waals surface area contributed by atoms with Crippen LogP contribution in [-0.4, -0.2) is 48.5 Å². The molecule has 0 aliphatic rings. The highest BCUT2D eigenvalue weighted by atomic mass is 16.5. The van der Waals surface area contributed by atoms with Gasteiger partial charge < -0.3 is 25.0 Å². The number of carboxylic acid groups (broad SMARTS) is 1. The van der Waals surface area contributed by atoms with E-state index in [2.05, 4.69) is 5.32 Å². The molecular weight excluding hydrogens is 266 g/mol. The Bertz CT molecular complexity index is 500. The fourth-order valence-corrected chi connectivity index (χ4v) is 1.59. The molecule has 0 fully saturated rings. The van der Waals surface area contributed by atoms with Gasteiger partial charge in [-0.15, -0.1) is 0 Å². The van der Waals surface area contributed by atoms with E-state index >= 15 is 0 Å². The SMILES string of the molecule is COc1ccc(C(=O)N[C@H](C(=O)O)[C@@H](C)O)cc1OC. The number of carbonyl (C=O) groups excluding carboxylic acids is 1. The Labute approximate surface area is 116 Å². The second-order valence-electron chi connectivity index (χ2n) is 4.10. The minimum Gasteiger partial charge on any atom is -0.493 e. The van der Waals surface area contributed by atoms with E-state index in [0.29, 0.717) is 11.5 Å². The van der Waals surface area contributed by atoms with Gasteiger partial charge in [0.25, 0.3) is 5.91 Å². The number of carboxylic acids is 1. The summed E-state index contributed by atoms with van der Waals surface area (Å²) < 4.78 is 10.1. The molecule has 0 radical (unpaired) electrons. The van der Waals surface area contributed by atoms with Gasteiger partial charge in [0.15, 0.2) is 17.5 Å². The van der Waals surface area contributed by atoms with Gasteiger partial charge in [0.2, 0.25) is 0 Å². The quantitative estimate of drug-likeness (QED) is 0.692. The van der Waals surface area contributed by atoms with Crippen molar-refractivity contribution in [1.29, 1.82) is 0 Å². The fraction of sp³-hybridized carbons (Fsp3) is 0.385. The zero-order chi connectivity index (χ0) is 15.3. The second kappa shape index (κ2) is 6.76. The van der Waals surface area contributed by atoms with Crippen LogP contribution < -0.4 is 14.8 Å². The molecule has 0 bridgehead atoms. The third kappa shape index (κ3) is 3.61. The first-order valence-electron chi connectivity index (χ1n) is 5.84. The average Bonchev–Trinajstić information content (AvgIpc) is 2.42. The minimum absolute atomic E-state index is 0.203. The lowest BCUT2D eigenvalue weighted by atomic mass is 10.1. The van der Waals surface area contributed by atoms with E-state index in [1.165, 1.54) is 39.3 Å². The molecule has 0 aliphatic heterocycles. The van der Waals surface area contributed by atoms with Crippen LogP contribution in [0.5, 0.6) is 11.5 Å². The molecule has 0 aromatic heterocycles. The Morgan fingerprint density at radius 3 is 2.25 bits per heavy atom. The van der Waals surface area contributed by atoms with E-state index in [1.807, 2.05) is 0 Å². The number of hydrogen-bond donors (Lipinski definition) is 3. The van der Waals surface area contributed by atoms with Crippen molar-refractivity contribution in [3.8, 4) is 11.5 Å². The summed E-state index contributed by atoms with van der Waals surface area (Å²) in [5.41, 5.74) is 0.203. The molecule has 20 heavy (non-hydrogen) atoms. The van der Waals surface area contributed by atoms with Crippen molar-refractivity contribution in [2.24, 2.45) is 0 Å². The van der Waals surface area contributed by atoms with Gasteiger partial charge >= 0.3 is 5.97 Å². The van der Waals surface area contributed by atoms with Crippen molar-refractivity contribution >= 4 is 11.9 Å². The van der Waals surface area contributed by atoms with E-state index < -0.39 is 24.0 Å². The Kier molecular flexibility index (Phi) is 5.33. The summed E-state index contributed by atoms with van der Waals surface area (Å²) in [5.74, 6) is -1.13. The molecule has 0 saturated carbocycles. The highest BCUT2D eigenvalue weighted by molar-refractivity contribution is 5.97. The molecule has 0 spiro atoms. The van der Waals surface area contributed by atoms with Crippen molar-refractivity contribution in [2.75, 3.05) is 14.2 Å². The summed E-state index contributed by atoms with van der Waals surface area (Å²) in [6, 6.07) is 3.05. The smallest absolute Gasteiger partial charge is 0.328 e. The fourth-order valence-electron chi connectivity index (χ4n) is 1.59. The lowest BCUT2D eigenvalue weighted by molar-refractivity contribution is -0.141. The van der Waals surface area contributed by atoms with Crippen LogP contribution in [0.2, 0.25) is 0 Å². The Balaban J connectivity index is 2.95. The van der Waals surface area contributed by atoms with Gasteiger partial charge in [-0.25, -0.2) is 4.79 Å². The van der Waals surface area contributed by atoms with E-state index in [4.69, 9.17) is 14.6 Å². The second-order valence-corrected chi connectivity index (χ2v) is 4.10. The van der Waals surface area contributed by atoms with Crippen molar-refractivity contribution in [3.05, 3.63) is 23.8 Å². The van der Waals surface area contributed by atoms with Gasteiger partial charge in [-0.05, 0) is 25.1 Å². The van der Waals surface area contributed by atoms with Crippen LogP contribution in [0.4, 0.5) is 0 Å². The lowest BCUT2D eigenvalue weighted by Gasteiger charge is -2.17. The van der Waals surface area contributed by atoms with Gasteiger partial charge in [0.05, 0.1) is 20.3 Å². The van der Waals surface area contributed by atoms with Crippen LogP contribution >= 0.6 is 0 Å². The molecule has 1 amide bonds. The number of rotatable bonds is 6. The van der Waals surface area contributed by atoms with E-state index in [0.717, 1.165) is 0 Å². The summed E-state index contributed by atoms with van der Waals surface area (Å²) in [6.07, 6.45) is -1.21. The Morgan fingerprint density at radius 1 is 1.20 bits per heavy atom. The molecule has 1 rings (SSSR count). The minimum atomic E-state index is -1.38. The molecule has 7 nitrogen and oxygen atoms in total. The molecule has 0 saturated heterocycles. The predicted octanol–water partition coefficient (Wildman–Crippen LogP) is 0.268. The van der Waals surface area contributed by atoms with Crippen molar-refractivity contribution in [1.82, 2.24) is 5.32 Å². The van der Waals surface area contributed by atoms with Gasteiger partial charge in [-0.2, -0.15) is 0 Å². The number of ether oxygens (including phenoxy) is 2. The summed E-state index contributed by atoms with van der Waals surface area (Å²) in [6.45, 7) is 1.29. The van der Waals surface area contributed by atoms with Gasteiger partial charge in [0.1, 0.15) is 0 Å². The van der Waals surface area contributed by atoms with E-state index in [1.54, 1.807) is 0 Å². The number of methoxy groups -OCH3 is 2. The number of amides is 1. The van der Waals surface area contributed by atoms with E-state index in [-0.39, 0.29) is 5.56 Å². The van der Waals surface area contributed by atoms with Gasteiger partial charge in [0, 0.05) is 5.56 Å². The third-order valence-corrected chi connectivity index (χ3v) is 2.68. The molecule has 0 heterocycles. The molecule has 3 N–H and O–H groups in total. The molecule has 0 aliphatic carbocycles. The van der Waals surface area contributed by atoms with Crippen LogP contribution in [0.15, 0.2) is 18.2 Å². The number of aliphatic hydroxyl groups is 1. The summed E-state index contributed by atoms with van der Waals surface area (Å²) in [4.78, 5) is 22.9.